The van der Waals surface area contributed by atoms with Crippen molar-refractivity contribution in [1.29, 1.82) is 0 Å². The zero-order chi connectivity index (χ0) is 26.9. The Morgan fingerprint density at radius 3 is 2.68 bits per heavy atom. The van der Waals surface area contributed by atoms with Crippen LogP contribution in [0.1, 0.15) is 37.2 Å². The van der Waals surface area contributed by atoms with Crippen molar-refractivity contribution in [2.75, 3.05) is 13.1 Å². The molecule has 12 nitrogen and oxygen atoms in total. The minimum atomic E-state index is -3.95. The normalized spacial score (nSPS) is 18.1. The van der Waals surface area contributed by atoms with E-state index in [0.717, 1.165) is 4.31 Å². The fraction of sp³-hybridized carbons (Fsp3) is 0.417. The molecule has 198 valence electrons. The number of rotatable bonds is 7. The van der Waals surface area contributed by atoms with Crippen molar-refractivity contribution in [3.05, 3.63) is 42.5 Å². The largest absolute Gasteiger partial charge is 0.508 e. The Kier molecular flexibility index (Phi) is 7.37. The molecule has 13 heteroatoms. The third-order valence-corrected chi connectivity index (χ3v) is 7.91. The second kappa shape index (κ2) is 10.3. The van der Waals surface area contributed by atoms with E-state index < -0.39 is 46.2 Å². The number of imidazole rings is 1. The molecule has 0 aliphatic carbocycles. The van der Waals surface area contributed by atoms with Crippen LogP contribution in [0.25, 0.3) is 11.0 Å². The molecule has 2 atom stereocenters. The lowest BCUT2D eigenvalue weighted by Gasteiger charge is -2.24. The Balaban J connectivity index is 1.43. The number of nitrogens with zero attached hydrogens (tertiary/aromatic N) is 3. The fourth-order valence-electron chi connectivity index (χ4n) is 4.16. The van der Waals surface area contributed by atoms with Gasteiger partial charge in [-0.25, -0.2) is 13.4 Å². The summed E-state index contributed by atoms with van der Waals surface area (Å²) in [6, 6.07) is 4.01. The van der Waals surface area contributed by atoms with Crippen molar-refractivity contribution in [3.63, 3.8) is 0 Å². The first-order chi connectivity index (χ1) is 17.5. The predicted molar refractivity (Wildman–Crippen MR) is 132 cm³/mol. The summed E-state index contributed by atoms with van der Waals surface area (Å²) in [4.78, 5) is 42.8. The lowest BCUT2D eigenvalue weighted by molar-refractivity contribution is -0.129. The van der Waals surface area contributed by atoms with E-state index in [1.165, 1.54) is 41.4 Å². The summed E-state index contributed by atoms with van der Waals surface area (Å²) >= 11 is 0. The summed E-state index contributed by atoms with van der Waals surface area (Å²) in [5, 5.41) is 15.3. The van der Waals surface area contributed by atoms with Crippen molar-refractivity contribution in [3.8, 4) is 5.75 Å². The van der Waals surface area contributed by atoms with Gasteiger partial charge in [0.1, 0.15) is 17.4 Å². The SMILES string of the molecule is CC(C)C(NC(=O)c1cc2cc(O)ccc2o1)C(=O)NC1CCCN(S(=O)(=O)c2cn(C)cn2)CC1=O. The van der Waals surface area contributed by atoms with Gasteiger partial charge >= 0.3 is 0 Å². The Morgan fingerprint density at radius 2 is 2.00 bits per heavy atom. The molecule has 2 aromatic heterocycles. The summed E-state index contributed by atoms with van der Waals surface area (Å²) in [5.74, 6) is -1.95. The van der Waals surface area contributed by atoms with Gasteiger partial charge in [0.05, 0.1) is 18.9 Å². The average Bonchev–Trinajstić information content (AvgIpc) is 3.41. The Morgan fingerprint density at radius 1 is 1.24 bits per heavy atom. The summed E-state index contributed by atoms with van der Waals surface area (Å²) in [7, 11) is -2.31. The molecular weight excluding hydrogens is 502 g/mol. The van der Waals surface area contributed by atoms with Crippen LogP contribution in [0.15, 0.2) is 46.2 Å². The van der Waals surface area contributed by atoms with Crippen molar-refractivity contribution < 1.29 is 32.3 Å². The van der Waals surface area contributed by atoms with Crippen LogP contribution >= 0.6 is 0 Å². The van der Waals surface area contributed by atoms with E-state index >= 15 is 0 Å². The molecule has 1 aliphatic rings. The molecule has 2 amide bonds. The number of phenols is 1. The van der Waals surface area contributed by atoms with Gasteiger partial charge in [-0.05, 0) is 43.0 Å². The zero-order valence-corrected chi connectivity index (χ0v) is 21.5. The molecule has 1 aliphatic heterocycles. The maximum absolute atomic E-state index is 13.1. The number of carbonyl (C=O) groups is 3. The number of hydrogen-bond acceptors (Lipinski definition) is 8. The monoisotopic (exact) mass is 531 g/mol. The van der Waals surface area contributed by atoms with E-state index in [1.54, 1.807) is 20.9 Å². The molecular formula is C24H29N5O7S. The molecule has 1 saturated heterocycles. The van der Waals surface area contributed by atoms with Gasteiger partial charge in [-0.3, -0.25) is 14.4 Å². The van der Waals surface area contributed by atoms with E-state index in [9.17, 15) is 27.9 Å². The number of aryl methyl sites for hydroxylation is 1. The number of sulfonamides is 1. The predicted octanol–water partition coefficient (Wildman–Crippen LogP) is 1.16. The van der Waals surface area contributed by atoms with Crippen LogP contribution in [-0.4, -0.2) is 70.2 Å². The van der Waals surface area contributed by atoms with E-state index in [-0.39, 0.29) is 35.4 Å². The van der Waals surface area contributed by atoms with Crippen molar-refractivity contribution in [2.45, 2.75) is 43.8 Å². The number of aromatic hydroxyl groups is 1. The van der Waals surface area contributed by atoms with E-state index in [4.69, 9.17) is 4.42 Å². The molecule has 37 heavy (non-hydrogen) atoms. The zero-order valence-electron chi connectivity index (χ0n) is 20.7. The molecule has 3 aromatic rings. The van der Waals surface area contributed by atoms with Crippen LogP contribution in [0.5, 0.6) is 5.75 Å². The molecule has 0 bridgehead atoms. The van der Waals surface area contributed by atoms with Crippen LogP contribution in [-0.2, 0) is 26.7 Å². The van der Waals surface area contributed by atoms with Crippen LogP contribution in [0, 0.1) is 5.92 Å². The summed E-state index contributed by atoms with van der Waals surface area (Å²) < 4.78 is 33.9. The number of benzene rings is 1. The number of carbonyl (C=O) groups excluding carboxylic acids is 3. The fourth-order valence-corrected chi connectivity index (χ4v) is 5.57. The lowest BCUT2D eigenvalue weighted by atomic mass is 10.0. The number of furan rings is 1. The average molecular weight is 532 g/mol. The highest BCUT2D eigenvalue weighted by Gasteiger charge is 2.35. The molecule has 2 unspecified atom stereocenters. The number of ketones is 1. The van der Waals surface area contributed by atoms with Gasteiger partial charge < -0.3 is 24.7 Å². The number of hydrogen-bond donors (Lipinski definition) is 3. The lowest BCUT2D eigenvalue weighted by Crippen LogP contribution is -2.54. The maximum Gasteiger partial charge on any atom is 0.287 e. The second-order valence-corrected chi connectivity index (χ2v) is 11.3. The smallest absolute Gasteiger partial charge is 0.287 e. The third kappa shape index (κ3) is 5.67. The maximum atomic E-state index is 13.1. The van der Waals surface area contributed by atoms with Crippen LogP contribution in [0.3, 0.4) is 0 Å². The third-order valence-electron chi connectivity index (χ3n) is 6.18. The van der Waals surface area contributed by atoms with Gasteiger partial charge in [0.2, 0.25) is 5.91 Å². The number of nitrogens with one attached hydrogen (secondary N) is 2. The van der Waals surface area contributed by atoms with Gasteiger partial charge in [-0.2, -0.15) is 4.31 Å². The molecule has 3 heterocycles. The van der Waals surface area contributed by atoms with E-state index in [1.807, 2.05) is 0 Å². The van der Waals surface area contributed by atoms with E-state index in [0.29, 0.717) is 17.4 Å². The Hall–Kier alpha value is -3.71. The summed E-state index contributed by atoms with van der Waals surface area (Å²) in [5.41, 5.74) is 0.405. The van der Waals surface area contributed by atoms with Crippen LogP contribution in [0.4, 0.5) is 0 Å². The Labute approximate surface area is 213 Å². The quantitative estimate of drug-likeness (QED) is 0.409. The number of aromatic nitrogens is 2. The van der Waals surface area contributed by atoms with Gasteiger partial charge in [-0.15, -0.1) is 0 Å². The highest BCUT2D eigenvalue weighted by Crippen LogP contribution is 2.24. The summed E-state index contributed by atoms with van der Waals surface area (Å²) in [6.45, 7) is 3.21. The number of fused-ring (bicyclic) bond motifs is 1. The van der Waals surface area contributed by atoms with Crippen molar-refractivity contribution in [2.24, 2.45) is 13.0 Å². The van der Waals surface area contributed by atoms with Gasteiger partial charge in [0.15, 0.2) is 16.6 Å². The van der Waals surface area contributed by atoms with Crippen LogP contribution in [0.2, 0.25) is 0 Å². The highest BCUT2D eigenvalue weighted by atomic mass is 32.2. The first kappa shape index (κ1) is 26.4. The van der Waals surface area contributed by atoms with Crippen molar-refractivity contribution >= 4 is 38.6 Å². The second-order valence-electron chi connectivity index (χ2n) is 9.41. The minimum absolute atomic E-state index is 0.0270. The van der Waals surface area contributed by atoms with Gasteiger partial charge in [0.25, 0.3) is 15.9 Å². The Bertz CT molecular complexity index is 1440. The number of amides is 2. The molecule has 1 fully saturated rings. The first-order valence-corrected chi connectivity index (χ1v) is 13.2. The van der Waals surface area contributed by atoms with E-state index in [2.05, 4.69) is 15.6 Å². The number of Topliss-reactive ketones (excluding diaryl/α,β-unsaturated/α-hetero) is 1. The molecule has 0 saturated carbocycles. The summed E-state index contributed by atoms with van der Waals surface area (Å²) in [6.07, 6.45) is 3.34. The standard InChI is InChI=1S/C24H29N5O7S/c1-14(2)22(27-23(32)20-10-15-9-16(30)6-7-19(15)36-20)24(33)26-17-5-4-8-29(11-18(17)31)37(34,35)21-12-28(3)13-25-21/h6-7,9-10,12-14,17,22,30H,4-5,8,11H2,1-3H3,(H,26,33)(H,27,32). The van der Waals surface area contributed by atoms with Crippen LogP contribution < -0.4 is 10.6 Å². The van der Waals surface area contributed by atoms with Gasteiger partial charge in [-0.1, -0.05) is 13.8 Å². The highest BCUT2D eigenvalue weighted by molar-refractivity contribution is 7.89. The topological polar surface area (TPSA) is 164 Å². The molecule has 0 spiro atoms. The molecule has 4 rings (SSSR count). The number of phenolic OH excluding ortho intramolecular Hbond substituents is 1. The van der Waals surface area contributed by atoms with Gasteiger partial charge in [0, 0.05) is 25.2 Å². The van der Waals surface area contributed by atoms with Crippen molar-refractivity contribution in [1.82, 2.24) is 24.5 Å². The molecule has 0 radical (unpaired) electrons. The first-order valence-electron chi connectivity index (χ1n) is 11.8. The molecule has 1 aromatic carbocycles. The molecule has 3 N–H and O–H groups in total. The minimum Gasteiger partial charge on any atom is -0.508 e.